The molecule has 16 heavy (non-hydrogen) atoms. The van der Waals surface area contributed by atoms with Gasteiger partial charge >= 0.3 is 12.1 Å². The van der Waals surface area contributed by atoms with Crippen LogP contribution in [0.2, 0.25) is 0 Å². The van der Waals surface area contributed by atoms with Crippen molar-refractivity contribution in [2.45, 2.75) is 33.3 Å². The second-order valence-electron chi connectivity index (χ2n) is 3.93. The van der Waals surface area contributed by atoms with E-state index in [0.717, 1.165) is 0 Å². The maximum atomic E-state index is 11.0. The van der Waals surface area contributed by atoms with Gasteiger partial charge in [-0.05, 0) is 33.8 Å². The number of rotatable bonds is 4. The lowest BCUT2D eigenvalue weighted by Gasteiger charge is -2.18. The molecule has 0 heterocycles. The van der Waals surface area contributed by atoms with Crippen LogP contribution < -0.4 is 0 Å². The van der Waals surface area contributed by atoms with Crippen LogP contribution in [0, 0.1) is 0 Å². The Morgan fingerprint density at radius 1 is 1.19 bits per heavy atom. The van der Waals surface area contributed by atoms with E-state index < -0.39 is 17.7 Å². The van der Waals surface area contributed by atoms with Crippen LogP contribution in [0.3, 0.4) is 0 Å². The largest absolute Gasteiger partial charge is 0.509 e. The van der Waals surface area contributed by atoms with Crippen molar-refractivity contribution in [3.05, 3.63) is 12.2 Å². The van der Waals surface area contributed by atoms with Crippen molar-refractivity contribution in [1.29, 1.82) is 0 Å². The first-order valence-electron chi connectivity index (χ1n) is 5.04. The van der Waals surface area contributed by atoms with E-state index in [1.165, 1.54) is 12.2 Å². The summed E-state index contributed by atoms with van der Waals surface area (Å²) in [6, 6.07) is 0. The van der Waals surface area contributed by atoms with Crippen LogP contribution in [-0.4, -0.2) is 30.9 Å². The van der Waals surface area contributed by atoms with Crippen LogP contribution >= 0.6 is 0 Å². The molecule has 0 fully saturated rings. The van der Waals surface area contributed by atoms with Crippen molar-refractivity contribution in [2.75, 3.05) is 13.2 Å². The fraction of sp³-hybridized carbons (Fsp3) is 0.636. The molecule has 0 N–H and O–H groups in total. The van der Waals surface area contributed by atoms with Crippen LogP contribution in [0.15, 0.2) is 12.2 Å². The molecule has 0 atom stereocenters. The van der Waals surface area contributed by atoms with Gasteiger partial charge in [0.05, 0.1) is 6.61 Å². The lowest BCUT2D eigenvalue weighted by Crippen LogP contribution is -2.24. The number of carbonyl (C=O) groups excluding carboxylic acids is 2. The Bertz CT molecular complexity index is 262. The maximum absolute atomic E-state index is 11.0. The van der Waals surface area contributed by atoms with Gasteiger partial charge in [-0.3, -0.25) is 0 Å². The zero-order valence-electron chi connectivity index (χ0n) is 10.1. The second kappa shape index (κ2) is 6.87. The van der Waals surface area contributed by atoms with Gasteiger partial charge in [-0.15, -0.1) is 0 Å². The Hall–Kier alpha value is -1.52. The summed E-state index contributed by atoms with van der Waals surface area (Å²) in [5, 5.41) is 0. The number of esters is 1. The molecule has 0 unspecified atom stereocenters. The third-order valence-corrected chi connectivity index (χ3v) is 1.23. The summed E-state index contributed by atoms with van der Waals surface area (Å²) in [5.74, 6) is -0.463. The average molecular weight is 230 g/mol. The highest BCUT2D eigenvalue weighted by molar-refractivity contribution is 5.81. The normalized spacial score (nSPS) is 11.2. The Morgan fingerprint density at radius 2 is 1.81 bits per heavy atom. The summed E-state index contributed by atoms with van der Waals surface area (Å²) in [6.45, 7) is 7.22. The van der Waals surface area contributed by atoms with Crippen molar-refractivity contribution in [3.63, 3.8) is 0 Å². The molecular formula is C11H18O5. The summed E-state index contributed by atoms with van der Waals surface area (Å²) >= 11 is 0. The zero-order chi connectivity index (χ0) is 12.6. The molecule has 0 aliphatic rings. The van der Waals surface area contributed by atoms with Gasteiger partial charge in [-0.25, -0.2) is 9.59 Å². The first kappa shape index (κ1) is 14.5. The van der Waals surface area contributed by atoms with Gasteiger partial charge in [-0.2, -0.15) is 0 Å². The molecule has 0 saturated heterocycles. The quantitative estimate of drug-likeness (QED) is 0.546. The van der Waals surface area contributed by atoms with Crippen LogP contribution in [0.1, 0.15) is 27.7 Å². The fourth-order valence-corrected chi connectivity index (χ4v) is 0.730. The highest BCUT2D eigenvalue weighted by Crippen LogP contribution is 2.07. The number of carbonyl (C=O) groups is 2. The van der Waals surface area contributed by atoms with Crippen LogP contribution in [0.5, 0.6) is 0 Å². The van der Waals surface area contributed by atoms with Crippen LogP contribution in [0.4, 0.5) is 4.79 Å². The van der Waals surface area contributed by atoms with E-state index in [9.17, 15) is 9.59 Å². The van der Waals surface area contributed by atoms with E-state index in [2.05, 4.69) is 4.74 Å². The van der Waals surface area contributed by atoms with Crippen LogP contribution in [-0.2, 0) is 19.0 Å². The molecule has 0 aliphatic carbocycles. The second-order valence-corrected chi connectivity index (χ2v) is 3.93. The number of hydrogen-bond donors (Lipinski definition) is 0. The third-order valence-electron chi connectivity index (χ3n) is 1.23. The highest BCUT2D eigenvalue weighted by atomic mass is 16.7. The zero-order valence-corrected chi connectivity index (χ0v) is 10.1. The fourth-order valence-electron chi connectivity index (χ4n) is 0.730. The van der Waals surface area contributed by atoms with Crippen molar-refractivity contribution in [3.8, 4) is 0 Å². The molecule has 0 radical (unpaired) electrons. The van der Waals surface area contributed by atoms with E-state index >= 15 is 0 Å². The lowest BCUT2D eigenvalue weighted by molar-refractivity contribution is -0.137. The van der Waals surface area contributed by atoms with E-state index in [-0.39, 0.29) is 6.61 Å². The molecule has 0 spiro atoms. The molecule has 0 saturated carbocycles. The van der Waals surface area contributed by atoms with Crippen molar-refractivity contribution in [1.82, 2.24) is 0 Å². The highest BCUT2D eigenvalue weighted by Gasteiger charge is 2.16. The average Bonchev–Trinajstić information content (AvgIpc) is 2.10. The molecule has 5 heteroatoms. The summed E-state index contributed by atoms with van der Waals surface area (Å²) in [7, 11) is 0. The molecule has 0 amide bonds. The lowest BCUT2D eigenvalue weighted by atomic mass is 10.2. The minimum atomic E-state index is -0.763. The third kappa shape index (κ3) is 9.05. The predicted octanol–water partition coefficient (Wildman–Crippen LogP) is 2.06. The predicted molar refractivity (Wildman–Crippen MR) is 58.0 cm³/mol. The molecule has 0 aromatic carbocycles. The summed E-state index contributed by atoms with van der Waals surface area (Å²) in [5.41, 5.74) is -0.581. The van der Waals surface area contributed by atoms with Crippen molar-refractivity contribution in [2.24, 2.45) is 0 Å². The van der Waals surface area contributed by atoms with Crippen LogP contribution in [0.25, 0.3) is 0 Å². The van der Waals surface area contributed by atoms with Gasteiger partial charge in [0.15, 0.2) is 0 Å². The van der Waals surface area contributed by atoms with Gasteiger partial charge in [-0.1, -0.05) is 0 Å². The van der Waals surface area contributed by atoms with E-state index in [1.807, 2.05) is 0 Å². The molecular weight excluding hydrogens is 212 g/mol. The minimum Gasteiger partial charge on any atom is -0.463 e. The van der Waals surface area contributed by atoms with Gasteiger partial charge in [0, 0.05) is 6.08 Å². The standard InChI is InChI=1S/C11H18O5/c1-5-14-9(12)7-6-8-15-10(13)16-11(2,3)4/h6-7H,5,8H2,1-4H3/b7-6+. The Kier molecular flexibility index (Phi) is 6.22. The first-order valence-corrected chi connectivity index (χ1v) is 5.04. The minimum absolute atomic E-state index is 0.0201. The molecule has 0 aromatic heterocycles. The number of hydrogen-bond acceptors (Lipinski definition) is 5. The molecule has 0 rings (SSSR count). The Labute approximate surface area is 95.4 Å². The van der Waals surface area contributed by atoms with E-state index in [4.69, 9.17) is 9.47 Å². The number of ether oxygens (including phenoxy) is 3. The van der Waals surface area contributed by atoms with E-state index in [0.29, 0.717) is 6.61 Å². The maximum Gasteiger partial charge on any atom is 0.509 e. The Balaban J connectivity index is 3.74. The topological polar surface area (TPSA) is 61.8 Å². The summed E-state index contributed by atoms with van der Waals surface area (Å²) in [4.78, 5) is 21.9. The molecule has 0 aliphatic heterocycles. The van der Waals surface area contributed by atoms with Crippen molar-refractivity contribution >= 4 is 12.1 Å². The SMILES string of the molecule is CCOC(=O)/C=C/COC(=O)OC(C)(C)C. The van der Waals surface area contributed by atoms with Gasteiger partial charge in [0.2, 0.25) is 0 Å². The van der Waals surface area contributed by atoms with Crippen molar-refractivity contribution < 1.29 is 23.8 Å². The first-order chi connectivity index (χ1) is 7.35. The van der Waals surface area contributed by atoms with E-state index in [1.54, 1.807) is 27.7 Å². The summed E-state index contributed by atoms with van der Waals surface area (Å²) < 4.78 is 14.2. The molecule has 0 aromatic rings. The summed E-state index contributed by atoms with van der Waals surface area (Å²) in [6.07, 6.45) is 1.83. The van der Waals surface area contributed by atoms with Gasteiger partial charge in [0.25, 0.3) is 0 Å². The molecule has 92 valence electrons. The smallest absolute Gasteiger partial charge is 0.463 e. The molecule has 0 bridgehead atoms. The van der Waals surface area contributed by atoms with Gasteiger partial charge in [0.1, 0.15) is 12.2 Å². The molecule has 5 nitrogen and oxygen atoms in total. The van der Waals surface area contributed by atoms with Gasteiger partial charge < -0.3 is 14.2 Å². The monoisotopic (exact) mass is 230 g/mol. The Morgan fingerprint density at radius 3 is 2.31 bits per heavy atom.